The number of amides is 2. The van der Waals surface area contributed by atoms with Crippen molar-refractivity contribution in [2.75, 3.05) is 32.8 Å². The van der Waals surface area contributed by atoms with E-state index < -0.39 is 35.6 Å². The molecule has 0 saturated carbocycles. The Bertz CT molecular complexity index is 683. The van der Waals surface area contributed by atoms with Gasteiger partial charge >= 0.3 is 5.97 Å². The van der Waals surface area contributed by atoms with Crippen LogP contribution in [-0.2, 0) is 23.9 Å². The fraction of sp³-hybridized carbons (Fsp3) is 0.773. The van der Waals surface area contributed by atoms with Crippen molar-refractivity contribution in [2.45, 2.75) is 63.7 Å². The van der Waals surface area contributed by atoms with Crippen LogP contribution in [0.15, 0.2) is 12.7 Å². The normalized spacial score (nSPS) is 31.7. The number of carbonyl (C=O) groups excluding carboxylic acids is 3. The number of β-amino-alcohol motifs (C(OH)–C–C–N with tert-alkyl or cyclic N) is 1. The number of aliphatic hydroxyl groups excluding tert-OH is 1. The summed E-state index contributed by atoms with van der Waals surface area (Å²) >= 11 is 0. The molecule has 3 aliphatic heterocycles. The van der Waals surface area contributed by atoms with E-state index in [-0.39, 0.29) is 31.6 Å². The van der Waals surface area contributed by atoms with Gasteiger partial charge in [0, 0.05) is 19.6 Å². The SMILES string of the molecule is C=CCN(CCCCC)C(=O)C1N(CCO)C(=O)[C@@H]2[C@@H](C(=O)OCC)[C@H]3CCC12O3. The Hall–Kier alpha value is -1.93. The highest BCUT2D eigenvalue weighted by Gasteiger charge is 2.74. The maximum absolute atomic E-state index is 13.7. The number of rotatable bonds is 11. The Balaban J connectivity index is 1.94. The molecule has 0 radical (unpaired) electrons. The molecule has 3 saturated heterocycles. The molecule has 2 bridgehead atoms. The maximum Gasteiger partial charge on any atom is 0.312 e. The van der Waals surface area contributed by atoms with Gasteiger partial charge in [0.2, 0.25) is 11.8 Å². The summed E-state index contributed by atoms with van der Waals surface area (Å²) in [6.45, 7) is 8.55. The first-order chi connectivity index (χ1) is 14.5. The van der Waals surface area contributed by atoms with E-state index in [9.17, 15) is 19.5 Å². The molecule has 30 heavy (non-hydrogen) atoms. The third kappa shape index (κ3) is 3.64. The summed E-state index contributed by atoms with van der Waals surface area (Å²) in [7, 11) is 0. The van der Waals surface area contributed by atoms with Crippen LogP contribution >= 0.6 is 0 Å². The van der Waals surface area contributed by atoms with Gasteiger partial charge in [-0.3, -0.25) is 14.4 Å². The average Bonchev–Trinajstić information content (AvgIpc) is 3.35. The molecule has 3 aliphatic rings. The summed E-state index contributed by atoms with van der Waals surface area (Å²) in [6, 6.07) is -0.840. The van der Waals surface area contributed by atoms with E-state index in [4.69, 9.17) is 9.47 Å². The van der Waals surface area contributed by atoms with Crippen molar-refractivity contribution in [3.8, 4) is 0 Å². The third-order valence-electron chi connectivity index (χ3n) is 6.63. The van der Waals surface area contributed by atoms with E-state index in [0.717, 1.165) is 19.3 Å². The fourth-order valence-corrected chi connectivity index (χ4v) is 5.46. The van der Waals surface area contributed by atoms with Crippen LogP contribution in [0.25, 0.3) is 0 Å². The molecule has 0 aromatic carbocycles. The Morgan fingerprint density at radius 1 is 1.40 bits per heavy atom. The number of esters is 1. The van der Waals surface area contributed by atoms with Gasteiger partial charge in [0.15, 0.2) is 0 Å². The molecule has 2 unspecified atom stereocenters. The van der Waals surface area contributed by atoms with Crippen molar-refractivity contribution < 1.29 is 29.0 Å². The molecule has 0 aliphatic carbocycles. The molecule has 8 nitrogen and oxygen atoms in total. The lowest BCUT2D eigenvalue weighted by Crippen LogP contribution is -2.56. The van der Waals surface area contributed by atoms with Gasteiger partial charge < -0.3 is 24.4 Å². The van der Waals surface area contributed by atoms with Gasteiger partial charge in [-0.2, -0.15) is 0 Å². The largest absolute Gasteiger partial charge is 0.466 e. The smallest absolute Gasteiger partial charge is 0.312 e. The minimum Gasteiger partial charge on any atom is -0.466 e. The van der Waals surface area contributed by atoms with Crippen molar-refractivity contribution in [2.24, 2.45) is 11.8 Å². The van der Waals surface area contributed by atoms with Crippen molar-refractivity contribution in [3.63, 3.8) is 0 Å². The Morgan fingerprint density at radius 3 is 2.80 bits per heavy atom. The zero-order valence-electron chi connectivity index (χ0n) is 18.0. The van der Waals surface area contributed by atoms with Crippen LogP contribution < -0.4 is 0 Å². The third-order valence-corrected chi connectivity index (χ3v) is 6.63. The molecule has 3 rings (SSSR count). The summed E-state index contributed by atoms with van der Waals surface area (Å²) in [5.74, 6) is -2.37. The molecule has 2 amide bonds. The van der Waals surface area contributed by atoms with Crippen LogP contribution in [0.3, 0.4) is 0 Å². The van der Waals surface area contributed by atoms with E-state index >= 15 is 0 Å². The molecule has 1 N–H and O–H groups in total. The summed E-state index contributed by atoms with van der Waals surface area (Å²) in [6.07, 6.45) is 5.33. The lowest BCUT2D eigenvalue weighted by molar-refractivity contribution is -0.155. The van der Waals surface area contributed by atoms with E-state index in [1.165, 1.54) is 4.90 Å². The van der Waals surface area contributed by atoms with Crippen molar-refractivity contribution in [1.82, 2.24) is 9.80 Å². The molecule has 3 heterocycles. The second-order valence-electron chi connectivity index (χ2n) is 8.34. The van der Waals surface area contributed by atoms with Gasteiger partial charge in [-0.15, -0.1) is 6.58 Å². The lowest BCUT2D eigenvalue weighted by Gasteiger charge is -2.36. The fourth-order valence-electron chi connectivity index (χ4n) is 5.46. The zero-order valence-corrected chi connectivity index (χ0v) is 18.0. The van der Waals surface area contributed by atoms with Gasteiger partial charge in [-0.25, -0.2) is 0 Å². The van der Waals surface area contributed by atoms with Crippen LogP contribution in [0.2, 0.25) is 0 Å². The van der Waals surface area contributed by atoms with Gasteiger partial charge in [0.1, 0.15) is 11.6 Å². The van der Waals surface area contributed by atoms with Gasteiger partial charge in [-0.05, 0) is 26.2 Å². The minimum atomic E-state index is -1.03. The number of ether oxygens (including phenoxy) is 2. The number of fused-ring (bicyclic) bond motifs is 1. The monoisotopic (exact) mass is 422 g/mol. The predicted molar refractivity (Wildman–Crippen MR) is 109 cm³/mol. The van der Waals surface area contributed by atoms with Crippen LogP contribution in [0.4, 0.5) is 0 Å². The standard InChI is InChI=1S/C22H34N2O6/c1-4-7-8-12-23(11-5-2)20(27)18-22-10-9-15(30-22)16(21(28)29-6-3)17(22)19(26)24(18)13-14-25/h5,15-18,25H,2,4,6-14H2,1,3H3/t15-,16+,17+,18?,22?/m1/s1. The van der Waals surface area contributed by atoms with Crippen LogP contribution in [-0.4, -0.2) is 83.3 Å². The first-order valence-corrected chi connectivity index (χ1v) is 11.1. The number of hydrogen-bond donors (Lipinski definition) is 1. The quantitative estimate of drug-likeness (QED) is 0.305. The second-order valence-corrected chi connectivity index (χ2v) is 8.34. The Morgan fingerprint density at radius 2 is 2.17 bits per heavy atom. The molecular formula is C22H34N2O6. The summed E-state index contributed by atoms with van der Waals surface area (Å²) in [5, 5.41) is 9.58. The maximum atomic E-state index is 13.7. The lowest BCUT2D eigenvalue weighted by atomic mass is 9.70. The molecule has 0 aromatic heterocycles. The van der Waals surface area contributed by atoms with Crippen molar-refractivity contribution in [3.05, 3.63) is 12.7 Å². The molecule has 0 aromatic rings. The molecule has 5 atom stereocenters. The van der Waals surface area contributed by atoms with Crippen LogP contribution in [0, 0.1) is 11.8 Å². The number of carbonyl (C=O) groups is 3. The van der Waals surface area contributed by atoms with Gasteiger partial charge in [0.25, 0.3) is 0 Å². The van der Waals surface area contributed by atoms with Gasteiger partial charge in [0.05, 0.1) is 31.2 Å². The first-order valence-electron chi connectivity index (χ1n) is 11.1. The van der Waals surface area contributed by atoms with Gasteiger partial charge in [-0.1, -0.05) is 25.8 Å². The number of aliphatic hydroxyl groups is 1. The van der Waals surface area contributed by atoms with E-state index in [1.807, 2.05) is 0 Å². The van der Waals surface area contributed by atoms with E-state index in [1.54, 1.807) is 17.9 Å². The summed E-state index contributed by atoms with van der Waals surface area (Å²) in [5.41, 5.74) is -1.03. The minimum absolute atomic E-state index is 0.0357. The Labute approximate surface area is 178 Å². The highest BCUT2D eigenvalue weighted by Crippen LogP contribution is 2.58. The molecule has 3 fully saturated rings. The van der Waals surface area contributed by atoms with Crippen molar-refractivity contribution in [1.29, 1.82) is 0 Å². The predicted octanol–water partition coefficient (Wildman–Crippen LogP) is 1.12. The highest BCUT2D eigenvalue weighted by molar-refractivity contribution is 5.98. The number of nitrogens with zero attached hydrogens (tertiary/aromatic N) is 2. The number of likely N-dealkylation sites (tertiary alicyclic amines) is 1. The van der Waals surface area contributed by atoms with E-state index in [0.29, 0.717) is 25.9 Å². The van der Waals surface area contributed by atoms with Crippen LogP contribution in [0.1, 0.15) is 46.0 Å². The number of unbranched alkanes of at least 4 members (excludes halogenated alkanes) is 2. The molecular weight excluding hydrogens is 388 g/mol. The topological polar surface area (TPSA) is 96.4 Å². The zero-order chi connectivity index (χ0) is 21.9. The van der Waals surface area contributed by atoms with Crippen LogP contribution in [0.5, 0.6) is 0 Å². The summed E-state index contributed by atoms with van der Waals surface area (Å²) in [4.78, 5) is 42.9. The molecule has 168 valence electrons. The number of hydrogen-bond acceptors (Lipinski definition) is 6. The Kier molecular flexibility index (Phi) is 7.18. The second kappa shape index (κ2) is 9.47. The molecule has 8 heteroatoms. The first kappa shape index (κ1) is 22.7. The van der Waals surface area contributed by atoms with Crippen molar-refractivity contribution >= 4 is 17.8 Å². The van der Waals surface area contributed by atoms with E-state index in [2.05, 4.69) is 13.5 Å². The highest BCUT2D eigenvalue weighted by atomic mass is 16.6. The molecule has 1 spiro atoms. The average molecular weight is 423 g/mol. The summed E-state index contributed by atoms with van der Waals surface area (Å²) < 4.78 is 11.5.